The summed E-state index contributed by atoms with van der Waals surface area (Å²) in [6.45, 7) is 2.09. The lowest BCUT2D eigenvalue weighted by atomic mass is 10.1. The van der Waals surface area contributed by atoms with Crippen molar-refractivity contribution in [3.8, 4) is 17.1 Å². The maximum atomic E-state index is 11.1. The van der Waals surface area contributed by atoms with Crippen molar-refractivity contribution in [2.75, 3.05) is 13.1 Å². The molecule has 6 heteroatoms. The normalized spacial score (nSPS) is 21.2. The lowest BCUT2D eigenvalue weighted by Gasteiger charge is -2.23. The van der Waals surface area contributed by atoms with Crippen molar-refractivity contribution in [1.29, 1.82) is 0 Å². The fourth-order valence-corrected chi connectivity index (χ4v) is 3.95. The molecule has 6 nitrogen and oxygen atoms in total. The van der Waals surface area contributed by atoms with Crippen LogP contribution in [0.1, 0.15) is 42.5 Å². The number of aromatic nitrogens is 2. The van der Waals surface area contributed by atoms with Crippen LogP contribution >= 0.6 is 0 Å². The van der Waals surface area contributed by atoms with Crippen LogP contribution in [0.25, 0.3) is 11.1 Å². The van der Waals surface area contributed by atoms with Gasteiger partial charge in [-0.05, 0) is 37.0 Å². The number of nitrogens with zero attached hydrogens (tertiary/aromatic N) is 3. The van der Waals surface area contributed by atoms with Crippen LogP contribution in [0.3, 0.4) is 0 Å². The molecule has 2 fully saturated rings. The van der Waals surface area contributed by atoms with Crippen molar-refractivity contribution >= 4 is 5.91 Å². The largest absolute Gasteiger partial charge is 0.459 e. The van der Waals surface area contributed by atoms with E-state index in [0.29, 0.717) is 11.6 Å². The number of primary amides is 1. The van der Waals surface area contributed by atoms with Crippen molar-refractivity contribution in [1.82, 2.24) is 14.9 Å². The number of hydrogen-bond acceptors (Lipinski definition) is 5. The fourth-order valence-electron chi connectivity index (χ4n) is 3.95. The number of benzene rings is 1. The van der Waals surface area contributed by atoms with Gasteiger partial charge in [-0.1, -0.05) is 25.0 Å². The zero-order valence-corrected chi connectivity index (χ0v) is 14.8. The Bertz CT molecular complexity index is 754. The minimum atomic E-state index is -0.431. The van der Waals surface area contributed by atoms with E-state index in [2.05, 4.69) is 14.9 Å². The van der Waals surface area contributed by atoms with Crippen LogP contribution in [0.15, 0.2) is 36.7 Å². The summed E-state index contributed by atoms with van der Waals surface area (Å²) in [6, 6.07) is 8.28. The highest BCUT2D eigenvalue weighted by Crippen LogP contribution is 2.27. The van der Waals surface area contributed by atoms with Crippen LogP contribution in [-0.4, -0.2) is 46.0 Å². The highest BCUT2D eigenvalue weighted by Gasteiger charge is 2.31. The first-order valence-corrected chi connectivity index (χ1v) is 9.32. The zero-order valence-electron chi connectivity index (χ0n) is 14.8. The number of ether oxygens (including phenoxy) is 1. The summed E-state index contributed by atoms with van der Waals surface area (Å²) in [5, 5.41) is 0. The van der Waals surface area contributed by atoms with Gasteiger partial charge in [-0.15, -0.1) is 0 Å². The van der Waals surface area contributed by atoms with E-state index in [4.69, 9.17) is 10.5 Å². The van der Waals surface area contributed by atoms with E-state index in [-0.39, 0.29) is 6.10 Å². The molecule has 2 aromatic rings. The summed E-state index contributed by atoms with van der Waals surface area (Å²) in [6.07, 6.45) is 10.1. The van der Waals surface area contributed by atoms with Crippen molar-refractivity contribution in [3.63, 3.8) is 0 Å². The van der Waals surface area contributed by atoms with Gasteiger partial charge in [0.15, 0.2) is 0 Å². The number of rotatable bonds is 5. The maximum absolute atomic E-state index is 11.1. The Kier molecular flexibility index (Phi) is 4.84. The average molecular weight is 352 g/mol. The van der Waals surface area contributed by atoms with Gasteiger partial charge in [0.05, 0.1) is 0 Å². The number of nitrogens with two attached hydrogens (primary N) is 1. The lowest BCUT2D eigenvalue weighted by molar-refractivity contribution is 0.100. The van der Waals surface area contributed by atoms with Crippen molar-refractivity contribution < 1.29 is 9.53 Å². The summed E-state index contributed by atoms with van der Waals surface area (Å²) < 4.78 is 5.98. The standard InChI is InChI=1S/C20H24N4O2/c21-19(25)15-7-5-14(6-8-15)16-11-22-20(23-12-16)26-18-9-10-24(13-18)17-3-1-2-4-17/h5-8,11-12,17-18H,1-4,9-10,13H2,(H2,21,25). The topological polar surface area (TPSA) is 81.3 Å². The number of hydrogen-bond donors (Lipinski definition) is 1. The smallest absolute Gasteiger partial charge is 0.316 e. The predicted octanol–water partition coefficient (Wildman–Crippen LogP) is 2.64. The van der Waals surface area contributed by atoms with Gasteiger partial charge in [-0.25, -0.2) is 9.97 Å². The van der Waals surface area contributed by atoms with E-state index in [9.17, 15) is 4.79 Å². The Morgan fingerprint density at radius 1 is 1.04 bits per heavy atom. The van der Waals surface area contributed by atoms with Crippen molar-refractivity contribution in [2.24, 2.45) is 5.73 Å². The molecule has 1 aromatic heterocycles. The second-order valence-corrected chi connectivity index (χ2v) is 7.16. The molecule has 2 N–H and O–H groups in total. The van der Waals surface area contributed by atoms with Gasteiger partial charge in [-0.3, -0.25) is 9.69 Å². The predicted molar refractivity (Wildman–Crippen MR) is 98.8 cm³/mol. The minimum Gasteiger partial charge on any atom is -0.459 e. The molecule has 1 unspecified atom stereocenters. The third kappa shape index (κ3) is 3.70. The molecule has 1 aliphatic carbocycles. The van der Waals surface area contributed by atoms with Crippen LogP contribution in [0.2, 0.25) is 0 Å². The summed E-state index contributed by atoms with van der Waals surface area (Å²) in [4.78, 5) is 22.4. The fraction of sp³-hybridized carbons (Fsp3) is 0.450. The molecule has 26 heavy (non-hydrogen) atoms. The molecule has 1 amide bonds. The SMILES string of the molecule is NC(=O)c1ccc(-c2cnc(OC3CCN(C4CCCC4)C3)nc2)cc1. The summed E-state index contributed by atoms with van der Waals surface area (Å²) in [5.74, 6) is -0.431. The molecule has 2 aliphatic rings. The minimum absolute atomic E-state index is 0.177. The van der Waals surface area contributed by atoms with Gasteiger partial charge in [0.1, 0.15) is 6.10 Å². The van der Waals surface area contributed by atoms with Gasteiger partial charge >= 0.3 is 6.01 Å². The van der Waals surface area contributed by atoms with Crippen LogP contribution in [0.5, 0.6) is 6.01 Å². The van der Waals surface area contributed by atoms with Gasteiger partial charge < -0.3 is 10.5 Å². The first kappa shape index (κ1) is 17.0. The Morgan fingerprint density at radius 3 is 2.38 bits per heavy atom. The van der Waals surface area contributed by atoms with E-state index in [0.717, 1.165) is 36.7 Å². The van der Waals surface area contributed by atoms with Gasteiger partial charge in [0.25, 0.3) is 0 Å². The highest BCUT2D eigenvalue weighted by molar-refractivity contribution is 5.93. The van der Waals surface area contributed by atoms with Crippen molar-refractivity contribution in [2.45, 2.75) is 44.2 Å². The Hall–Kier alpha value is -2.47. The molecule has 4 rings (SSSR count). The molecule has 1 aliphatic heterocycles. The van der Waals surface area contributed by atoms with Crippen LogP contribution in [-0.2, 0) is 0 Å². The van der Waals surface area contributed by atoms with E-state index in [1.165, 1.54) is 25.7 Å². The third-order valence-corrected chi connectivity index (χ3v) is 5.42. The second-order valence-electron chi connectivity index (χ2n) is 7.16. The molecular weight excluding hydrogens is 328 g/mol. The second kappa shape index (κ2) is 7.41. The van der Waals surface area contributed by atoms with Gasteiger partial charge in [0.2, 0.25) is 5.91 Å². The first-order valence-electron chi connectivity index (χ1n) is 9.32. The summed E-state index contributed by atoms with van der Waals surface area (Å²) in [7, 11) is 0. The average Bonchev–Trinajstić information content (AvgIpc) is 3.34. The first-order chi connectivity index (χ1) is 12.7. The monoisotopic (exact) mass is 352 g/mol. The molecule has 0 bridgehead atoms. The lowest BCUT2D eigenvalue weighted by Crippen LogP contribution is -2.33. The Morgan fingerprint density at radius 2 is 1.73 bits per heavy atom. The van der Waals surface area contributed by atoms with E-state index >= 15 is 0 Å². The molecule has 136 valence electrons. The van der Waals surface area contributed by atoms with Crippen molar-refractivity contribution in [3.05, 3.63) is 42.2 Å². The summed E-state index contributed by atoms with van der Waals surface area (Å²) >= 11 is 0. The van der Waals surface area contributed by atoms with Crippen LogP contribution in [0.4, 0.5) is 0 Å². The molecule has 1 saturated carbocycles. The van der Waals surface area contributed by atoms with Gasteiger partial charge in [0, 0.05) is 42.7 Å². The molecule has 1 aromatic carbocycles. The van der Waals surface area contributed by atoms with Gasteiger partial charge in [-0.2, -0.15) is 0 Å². The zero-order chi connectivity index (χ0) is 17.9. The maximum Gasteiger partial charge on any atom is 0.316 e. The summed E-state index contributed by atoms with van der Waals surface area (Å²) in [5.41, 5.74) is 7.58. The Balaban J connectivity index is 1.36. The molecule has 2 heterocycles. The van der Waals surface area contributed by atoms with E-state index in [1.54, 1.807) is 24.5 Å². The van der Waals surface area contributed by atoms with E-state index < -0.39 is 5.91 Å². The molecular formula is C20H24N4O2. The van der Waals surface area contributed by atoms with Crippen LogP contribution < -0.4 is 10.5 Å². The number of carbonyl (C=O) groups excluding carboxylic acids is 1. The number of likely N-dealkylation sites (tertiary alicyclic amines) is 1. The molecule has 1 saturated heterocycles. The molecule has 0 radical (unpaired) electrons. The Labute approximate surface area is 153 Å². The number of carbonyl (C=O) groups is 1. The van der Waals surface area contributed by atoms with Crippen LogP contribution in [0, 0.1) is 0 Å². The number of amides is 1. The highest BCUT2D eigenvalue weighted by atomic mass is 16.5. The third-order valence-electron chi connectivity index (χ3n) is 5.42. The molecule has 1 atom stereocenters. The quantitative estimate of drug-likeness (QED) is 0.895. The van der Waals surface area contributed by atoms with E-state index in [1.807, 2.05) is 12.1 Å². The molecule has 0 spiro atoms.